The first kappa shape index (κ1) is 17.3. The Balaban J connectivity index is 1.52. The molecule has 0 saturated carbocycles. The van der Waals surface area contributed by atoms with Crippen molar-refractivity contribution in [3.05, 3.63) is 40.7 Å². The maximum Gasteiger partial charge on any atom is 0.205 e. The summed E-state index contributed by atoms with van der Waals surface area (Å²) in [4.78, 5) is 2.53. The molecule has 1 aromatic heterocycles. The zero-order valence-electron chi connectivity index (χ0n) is 14.6. The summed E-state index contributed by atoms with van der Waals surface area (Å²) < 4.78 is 13.0. The number of halogens is 1. The highest BCUT2D eigenvalue weighted by Crippen LogP contribution is 2.24. The van der Waals surface area contributed by atoms with Gasteiger partial charge in [0.25, 0.3) is 0 Å². The van der Waals surface area contributed by atoms with Gasteiger partial charge in [-0.25, -0.2) is 4.39 Å². The highest BCUT2D eigenvalue weighted by Gasteiger charge is 2.27. The van der Waals surface area contributed by atoms with Crippen molar-refractivity contribution in [1.29, 1.82) is 0 Å². The monoisotopic (exact) mass is 348 g/mol. The van der Waals surface area contributed by atoms with Crippen LogP contribution in [0.3, 0.4) is 0 Å². The molecule has 0 bridgehead atoms. The summed E-state index contributed by atoms with van der Waals surface area (Å²) in [5.74, 6) is -0.208. The van der Waals surface area contributed by atoms with E-state index in [1.165, 1.54) is 12.1 Å². The molecule has 6 heteroatoms. The molecule has 130 valence electrons. The van der Waals surface area contributed by atoms with Crippen molar-refractivity contribution in [3.63, 3.8) is 0 Å². The van der Waals surface area contributed by atoms with Crippen molar-refractivity contribution in [3.8, 4) is 0 Å². The molecule has 0 amide bonds. The summed E-state index contributed by atoms with van der Waals surface area (Å²) in [6.07, 6.45) is 2.95. The van der Waals surface area contributed by atoms with Gasteiger partial charge < -0.3 is 5.32 Å². The van der Waals surface area contributed by atoms with Crippen LogP contribution < -0.4 is 5.32 Å². The van der Waals surface area contributed by atoms with Crippen LogP contribution in [0.4, 0.5) is 9.52 Å². The Morgan fingerprint density at radius 3 is 2.46 bits per heavy atom. The molecule has 1 aliphatic heterocycles. The Bertz CT molecular complexity index is 654. The van der Waals surface area contributed by atoms with E-state index < -0.39 is 0 Å². The van der Waals surface area contributed by atoms with Crippen LogP contribution in [0.5, 0.6) is 0 Å². The Labute approximate surface area is 147 Å². The SMILES string of the molecule is CC(C)(C)N1CCC(Nc2nnc(Cc3ccc(F)cc3)s2)CC1. The lowest BCUT2D eigenvalue weighted by molar-refractivity contribution is 0.106. The average Bonchev–Trinajstić information content (AvgIpc) is 2.96. The van der Waals surface area contributed by atoms with Crippen molar-refractivity contribution in [1.82, 2.24) is 15.1 Å². The first-order chi connectivity index (χ1) is 11.4. The Morgan fingerprint density at radius 1 is 1.17 bits per heavy atom. The van der Waals surface area contributed by atoms with Crippen LogP contribution in [0.1, 0.15) is 44.2 Å². The first-order valence-corrected chi connectivity index (χ1v) is 9.30. The molecule has 2 aromatic rings. The van der Waals surface area contributed by atoms with Gasteiger partial charge in [0.2, 0.25) is 5.13 Å². The summed E-state index contributed by atoms with van der Waals surface area (Å²) in [5.41, 5.74) is 1.30. The number of rotatable bonds is 4. The van der Waals surface area contributed by atoms with Crippen molar-refractivity contribution in [2.24, 2.45) is 0 Å². The third kappa shape index (κ3) is 4.51. The van der Waals surface area contributed by atoms with Crippen LogP contribution in [-0.2, 0) is 6.42 Å². The van der Waals surface area contributed by atoms with Crippen LogP contribution in [0, 0.1) is 5.82 Å². The fourth-order valence-electron chi connectivity index (χ4n) is 3.03. The van der Waals surface area contributed by atoms with Gasteiger partial charge in [-0.2, -0.15) is 0 Å². The fourth-order valence-corrected chi connectivity index (χ4v) is 3.88. The second kappa shape index (κ2) is 7.15. The summed E-state index contributed by atoms with van der Waals surface area (Å²) >= 11 is 1.59. The van der Waals surface area contributed by atoms with E-state index in [2.05, 4.69) is 41.2 Å². The minimum Gasteiger partial charge on any atom is -0.357 e. The van der Waals surface area contributed by atoms with Crippen molar-refractivity contribution < 1.29 is 4.39 Å². The lowest BCUT2D eigenvalue weighted by Crippen LogP contribution is -2.48. The van der Waals surface area contributed by atoms with Crippen LogP contribution in [0.15, 0.2) is 24.3 Å². The minimum atomic E-state index is -0.208. The smallest absolute Gasteiger partial charge is 0.205 e. The lowest BCUT2D eigenvalue weighted by Gasteiger charge is -2.40. The number of nitrogens with zero attached hydrogens (tertiary/aromatic N) is 3. The normalized spacial score (nSPS) is 17.2. The predicted molar refractivity (Wildman–Crippen MR) is 97.1 cm³/mol. The second-order valence-corrected chi connectivity index (χ2v) is 8.44. The molecule has 1 N–H and O–H groups in total. The first-order valence-electron chi connectivity index (χ1n) is 8.48. The summed E-state index contributed by atoms with van der Waals surface area (Å²) in [6, 6.07) is 7.03. The third-order valence-corrected chi connectivity index (χ3v) is 5.36. The van der Waals surface area contributed by atoms with E-state index in [0.29, 0.717) is 12.5 Å². The Morgan fingerprint density at radius 2 is 1.83 bits per heavy atom. The number of likely N-dealkylation sites (tertiary alicyclic amines) is 1. The molecule has 3 rings (SSSR count). The van der Waals surface area contributed by atoms with Gasteiger partial charge in [0.05, 0.1) is 0 Å². The quantitative estimate of drug-likeness (QED) is 0.908. The predicted octanol–water partition coefficient (Wildman–Crippen LogP) is 3.94. The number of piperidine rings is 1. The van der Waals surface area contributed by atoms with Crippen molar-refractivity contribution in [2.75, 3.05) is 18.4 Å². The van der Waals surface area contributed by atoms with E-state index in [9.17, 15) is 4.39 Å². The van der Waals surface area contributed by atoms with Crippen molar-refractivity contribution >= 4 is 16.5 Å². The number of benzene rings is 1. The standard InChI is InChI=1S/C18H25FN4S/c1-18(2,3)23-10-8-15(9-11-23)20-17-22-21-16(24-17)12-13-4-6-14(19)7-5-13/h4-7,15H,8-12H2,1-3H3,(H,20,22). The average molecular weight is 348 g/mol. The van der Waals surface area contributed by atoms with Crippen LogP contribution >= 0.6 is 11.3 Å². The lowest BCUT2D eigenvalue weighted by atomic mass is 9.98. The third-order valence-electron chi connectivity index (χ3n) is 4.51. The highest BCUT2D eigenvalue weighted by molar-refractivity contribution is 7.15. The molecule has 0 unspecified atom stereocenters. The van der Waals surface area contributed by atoms with Gasteiger partial charge in [-0.15, -0.1) is 10.2 Å². The van der Waals surface area contributed by atoms with Gasteiger partial charge in [0, 0.05) is 31.1 Å². The Hall–Kier alpha value is -1.53. The van der Waals surface area contributed by atoms with E-state index in [0.717, 1.165) is 41.6 Å². The molecule has 0 atom stereocenters. The van der Waals surface area contributed by atoms with E-state index in [1.54, 1.807) is 23.5 Å². The molecule has 1 aromatic carbocycles. The molecule has 1 fully saturated rings. The van der Waals surface area contributed by atoms with Gasteiger partial charge in [-0.1, -0.05) is 23.5 Å². The van der Waals surface area contributed by atoms with Gasteiger partial charge >= 0.3 is 0 Å². The van der Waals surface area contributed by atoms with E-state index >= 15 is 0 Å². The fraction of sp³-hybridized carbons (Fsp3) is 0.556. The van der Waals surface area contributed by atoms with Gasteiger partial charge in [-0.3, -0.25) is 4.90 Å². The van der Waals surface area contributed by atoms with Crippen molar-refractivity contribution in [2.45, 2.75) is 51.6 Å². The van der Waals surface area contributed by atoms with E-state index in [-0.39, 0.29) is 11.4 Å². The summed E-state index contributed by atoms with van der Waals surface area (Å²) in [6.45, 7) is 9.04. The molecule has 1 saturated heterocycles. The van der Waals surface area contributed by atoms with Gasteiger partial charge in [0.15, 0.2) is 0 Å². The van der Waals surface area contributed by atoms with Gasteiger partial charge in [0.1, 0.15) is 10.8 Å². The number of anilines is 1. The van der Waals surface area contributed by atoms with Crippen LogP contribution in [-0.4, -0.2) is 39.8 Å². The molecule has 1 aliphatic rings. The number of hydrogen-bond donors (Lipinski definition) is 1. The maximum absolute atomic E-state index is 13.0. The van der Waals surface area contributed by atoms with Crippen LogP contribution in [0.25, 0.3) is 0 Å². The van der Waals surface area contributed by atoms with Gasteiger partial charge in [-0.05, 0) is 51.3 Å². The molecule has 24 heavy (non-hydrogen) atoms. The van der Waals surface area contributed by atoms with E-state index in [4.69, 9.17) is 0 Å². The summed E-state index contributed by atoms with van der Waals surface area (Å²) in [5, 5.41) is 13.9. The topological polar surface area (TPSA) is 41.0 Å². The molecule has 4 nitrogen and oxygen atoms in total. The highest BCUT2D eigenvalue weighted by atomic mass is 32.1. The number of nitrogens with one attached hydrogen (secondary N) is 1. The molecular formula is C18H25FN4S. The maximum atomic E-state index is 13.0. The molecule has 2 heterocycles. The zero-order chi connectivity index (χ0) is 17.2. The molecule has 0 aliphatic carbocycles. The Kier molecular flexibility index (Phi) is 5.15. The number of aromatic nitrogens is 2. The molecule has 0 spiro atoms. The van der Waals surface area contributed by atoms with E-state index in [1.807, 2.05) is 0 Å². The second-order valence-electron chi connectivity index (χ2n) is 7.38. The summed E-state index contributed by atoms with van der Waals surface area (Å²) in [7, 11) is 0. The number of hydrogen-bond acceptors (Lipinski definition) is 5. The largest absolute Gasteiger partial charge is 0.357 e. The zero-order valence-corrected chi connectivity index (χ0v) is 15.4. The van der Waals surface area contributed by atoms with Crippen LogP contribution in [0.2, 0.25) is 0 Å². The molecular weight excluding hydrogens is 323 g/mol. The minimum absolute atomic E-state index is 0.208. The molecule has 0 radical (unpaired) electrons.